The van der Waals surface area contributed by atoms with Crippen LogP contribution in [0.2, 0.25) is 0 Å². The Hall–Kier alpha value is -2.81. The van der Waals surface area contributed by atoms with Crippen LogP contribution >= 0.6 is 0 Å². The van der Waals surface area contributed by atoms with Crippen molar-refractivity contribution in [1.82, 2.24) is 15.3 Å². The molecule has 4 rings (SSSR count). The number of benzene rings is 1. The number of halogens is 3. The van der Waals surface area contributed by atoms with Gasteiger partial charge in [-0.2, -0.15) is 18.2 Å². The van der Waals surface area contributed by atoms with Crippen LogP contribution in [-0.4, -0.2) is 42.3 Å². The molecule has 3 aromatic rings. The molecule has 1 fully saturated rings. The van der Waals surface area contributed by atoms with E-state index in [9.17, 15) is 13.2 Å². The van der Waals surface area contributed by atoms with Gasteiger partial charge in [-0.25, -0.2) is 0 Å². The molecule has 0 radical (unpaired) electrons. The van der Waals surface area contributed by atoms with Crippen molar-refractivity contribution in [3.8, 4) is 5.75 Å². The Balaban J connectivity index is 1.56. The largest absolute Gasteiger partial charge is 0.490 e. The van der Waals surface area contributed by atoms with E-state index < -0.39 is 11.7 Å². The summed E-state index contributed by atoms with van der Waals surface area (Å²) in [5, 5.41) is 3.28. The molecule has 9 heteroatoms. The van der Waals surface area contributed by atoms with E-state index in [1.54, 1.807) is 18.5 Å². The summed E-state index contributed by atoms with van der Waals surface area (Å²) in [4.78, 5) is 10.2. The van der Waals surface area contributed by atoms with Crippen molar-refractivity contribution in [3.05, 3.63) is 48.3 Å². The lowest BCUT2D eigenvalue weighted by Crippen LogP contribution is -2.54. The van der Waals surface area contributed by atoms with E-state index in [2.05, 4.69) is 15.3 Å². The number of hydrogen-bond donors (Lipinski definition) is 1. The average Bonchev–Trinajstić information content (AvgIpc) is 3.10. The molecule has 1 aliphatic heterocycles. The van der Waals surface area contributed by atoms with E-state index in [1.165, 1.54) is 6.07 Å². The van der Waals surface area contributed by atoms with Gasteiger partial charge in [-0.3, -0.25) is 4.98 Å². The number of nitrogens with zero attached hydrogens (tertiary/aromatic N) is 3. The average molecular weight is 378 g/mol. The molecule has 1 aromatic carbocycles. The van der Waals surface area contributed by atoms with Crippen LogP contribution in [0.4, 0.5) is 19.2 Å². The van der Waals surface area contributed by atoms with Gasteiger partial charge < -0.3 is 19.4 Å². The van der Waals surface area contributed by atoms with Crippen molar-refractivity contribution in [2.24, 2.45) is 0 Å². The minimum absolute atomic E-state index is 0.0749. The molecular weight excluding hydrogens is 361 g/mol. The predicted molar refractivity (Wildman–Crippen MR) is 92.7 cm³/mol. The van der Waals surface area contributed by atoms with Gasteiger partial charge in [-0.15, -0.1) is 0 Å². The standard InChI is InChI=1S/C18H17F3N4O2/c19-18(20,21)12-3-4-16-15(8-12)24-17(27-16)25-7-6-23-9-13(25)11-26-14-2-1-5-22-10-14/h1-5,8,10,13,23H,6-7,9,11H2. The van der Waals surface area contributed by atoms with Crippen molar-refractivity contribution in [1.29, 1.82) is 0 Å². The third kappa shape index (κ3) is 3.82. The van der Waals surface area contributed by atoms with E-state index >= 15 is 0 Å². The molecule has 0 spiro atoms. The molecule has 142 valence electrons. The highest BCUT2D eigenvalue weighted by Crippen LogP contribution is 2.33. The lowest BCUT2D eigenvalue weighted by atomic mass is 10.2. The first kappa shape index (κ1) is 17.6. The van der Waals surface area contributed by atoms with Gasteiger partial charge in [0.05, 0.1) is 17.8 Å². The first-order valence-corrected chi connectivity index (χ1v) is 8.49. The number of aromatic nitrogens is 2. The van der Waals surface area contributed by atoms with Gasteiger partial charge in [-0.05, 0) is 30.3 Å². The normalized spacial score (nSPS) is 18.0. The van der Waals surface area contributed by atoms with Gasteiger partial charge in [0.15, 0.2) is 5.58 Å². The van der Waals surface area contributed by atoms with Crippen molar-refractivity contribution in [3.63, 3.8) is 0 Å². The molecule has 6 nitrogen and oxygen atoms in total. The molecule has 27 heavy (non-hydrogen) atoms. The number of oxazole rings is 1. The number of anilines is 1. The zero-order valence-electron chi connectivity index (χ0n) is 14.2. The topological polar surface area (TPSA) is 63.4 Å². The minimum atomic E-state index is -4.41. The van der Waals surface area contributed by atoms with Crippen LogP contribution in [0.3, 0.4) is 0 Å². The highest BCUT2D eigenvalue weighted by molar-refractivity contribution is 5.75. The molecule has 1 atom stereocenters. The summed E-state index contributed by atoms with van der Waals surface area (Å²) in [6, 6.07) is 7.12. The summed E-state index contributed by atoms with van der Waals surface area (Å²) in [7, 11) is 0. The van der Waals surface area contributed by atoms with Crippen LogP contribution in [0.1, 0.15) is 5.56 Å². The van der Waals surface area contributed by atoms with Gasteiger partial charge in [0.2, 0.25) is 0 Å². The fourth-order valence-electron chi connectivity index (χ4n) is 3.00. The maximum atomic E-state index is 12.9. The van der Waals surface area contributed by atoms with Crippen LogP contribution in [0.5, 0.6) is 5.75 Å². The van der Waals surface area contributed by atoms with Gasteiger partial charge in [-0.1, -0.05) is 0 Å². The van der Waals surface area contributed by atoms with Crippen LogP contribution in [0.15, 0.2) is 47.1 Å². The number of piperazine rings is 1. The second-order valence-electron chi connectivity index (χ2n) is 6.23. The van der Waals surface area contributed by atoms with Crippen molar-refractivity contribution in [2.75, 3.05) is 31.1 Å². The van der Waals surface area contributed by atoms with Crippen molar-refractivity contribution < 1.29 is 22.3 Å². The van der Waals surface area contributed by atoms with E-state index in [1.807, 2.05) is 11.0 Å². The maximum absolute atomic E-state index is 12.9. The molecule has 0 aliphatic carbocycles. The molecule has 1 aliphatic rings. The number of pyridine rings is 1. The number of fused-ring (bicyclic) bond motifs is 1. The lowest BCUT2D eigenvalue weighted by Gasteiger charge is -2.34. The SMILES string of the molecule is FC(F)(F)c1ccc2oc(N3CCNCC3COc3cccnc3)nc2c1. The quantitative estimate of drug-likeness (QED) is 0.753. The molecule has 1 N–H and O–H groups in total. The van der Waals surface area contributed by atoms with Gasteiger partial charge in [0.1, 0.15) is 17.9 Å². The lowest BCUT2D eigenvalue weighted by molar-refractivity contribution is -0.137. The van der Waals surface area contributed by atoms with Crippen LogP contribution in [0, 0.1) is 0 Å². The third-order valence-electron chi connectivity index (χ3n) is 4.38. The van der Waals surface area contributed by atoms with Gasteiger partial charge >= 0.3 is 6.18 Å². The zero-order chi connectivity index (χ0) is 18.9. The molecule has 0 saturated carbocycles. The summed E-state index contributed by atoms with van der Waals surface area (Å²) in [5.41, 5.74) is -0.236. The predicted octanol–water partition coefficient (Wildman–Crippen LogP) is 3.10. The van der Waals surface area contributed by atoms with Crippen molar-refractivity contribution in [2.45, 2.75) is 12.2 Å². The van der Waals surface area contributed by atoms with E-state index in [0.29, 0.717) is 37.0 Å². The minimum Gasteiger partial charge on any atom is -0.490 e. The first-order chi connectivity index (χ1) is 13.0. The number of rotatable bonds is 4. The monoisotopic (exact) mass is 378 g/mol. The first-order valence-electron chi connectivity index (χ1n) is 8.49. The summed E-state index contributed by atoms with van der Waals surface area (Å²) in [5.74, 6) is 0.649. The summed E-state index contributed by atoms with van der Waals surface area (Å²) >= 11 is 0. The Morgan fingerprint density at radius 3 is 2.96 bits per heavy atom. The molecular formula is C18H17F3N4O2. The number of alkyl halides is 3. The molecule has 0 bridgehead atoms. The van der Waals surface area contributed by atoms with Crippen LogP contribution < -0.4 is 15.0 Å². The molecule has 3 heterocycles. The molecule has 1 unspecified atom stereocenters. The zero-order valence-corrected chi connectivity index (χ0v) is 14.2. The molecule has 0 amide bonds. The Bertz CT molecular complexity index is 914. The number of nitrogens with one attached hydrogen (secondary N) is 1. The maximum Gasteiger partial charge on any atom is 0.416 e. The van der Waals surface area contributed by atoms with Gasteiger partial charge in [0, 0.05) is 25.8 Å². The molecule has 2 aromatic heterocycles. The van der Waals surface area contributed by atoms with Crippen molar-refractivity contribution >= 4 is 17.1 Å². The van der Waals surface area contributed by atoms with Crippen LogP contribution in [0.25, 0.3) is 11.1 Å². The summed E-state index contributed by atoms with van der Waals surface area (Å²) in [6.45, 7) is 2.34. The summed E-state index contributed by atoms with van der Waals surface area (Å²) < 4.78 is 50.2. The Labute approximate surface area is 153 Å². The second kappa shape index (κ2) is 7.07. The smallest absolute Gasteiger partial charge is 0.416 e. The van der Waals surface area contributed by atoms with E-state index in [-0.39, 0.29) is 11.6 Å². The van der Waals surface area contributed by atoms with E-state index in [4.69, 9.17) is 9.15 Å². The molecule has 1 saturated heterocycles. The Kier molecular flexibility index (Phi) is 4.61. The van der Waals surface area contributed by atoms with Gasteiger partial charge in [0.25, 0.3) is 6.01 Å². The van der Waals surface area contributed by atoms with E-state index in [0.717, 1.165) is 18.7 Å². The second-order valence-corrected chi connectivity index (χ2v) is 6.23. The highest BCUT2D eigenvalue weighted by Gasteiger charge is 2.32. The fourth-order valence-corrected chi connectivity index (χ4v) is 3.00. The highest BCUT2D eigenvalue weighted by atomic mass is 19.4. The fraction of sp³-hybridized carbons (Fsp3) is 0.333. The number of hydrogen-bond acceptors (Lipinski definition) is 6. The number of ether oxygens (including phenoxy) is 1. The Morgan fingerprint density at radius 1 is 1.30 bits per heavy atom. The third-order valence-corrected chi connectivity index (χ3v) is 4.38. The summed E-state index contributed by atoms with van der Waals surface area (Å²) in [6.07, 6.45) is -1.13. The Morgan fingerprint density at radius 2 is 2.19 bits per heavy atom. The van der Waals surface area contributed by atoms with Crippen LogP contribution in [-0.2, 0) is 6.18 Å².